The SMILES string of the molecule is COc1cccc(CCNC2CCC(C(F)(F)F)CC2)c1. The van der Waals surface area contributed by atoms with Crippen molar-refractivity contribution in [2.24, 2.45) is 5.92 Å². The molecule has 1 aromatic rings. The molecule has 0 unspecified atom stereocenters. The summed E-state index contributed by atoms with van der Waals surface area (Å²) >= 11 is 0. The lowest BCUT2D eigenvalue weighted by atomic mass is 9.85. The van der Waals surface area contributed by atoms with Crippen molar-refractivity contribution in [3.8, 4) is 5.75 Å². The number of hydrogen-bond acceptors (Lipinski definition) is 2. The number of nitrogens with one attached hydrogen (secondary N) is 1. The number of hydrogen-bond donors (Lipinski definition) is 1. The highest BCUT2D eigenvalue weighted by Gasteiger charge is 2.41. The number of rotatable bonds is 5. The Hall–Kier alpha value is -1.23. The van der Waals surface area contributed by atoms with Crippen molar-refractivity contribution in [1.29, 1.82) is 0 Å². The fourth-order valence-corrected chi connectivity index (χ4v) is 2.87. The van der Waals surface area contributed by atoms with Crippen LogP contribution in [0.1, 0.15) is 31.2 Å². The minimum absolute atomic E-state index is 0.217. The molecule has 21 heavy (non-hydrogen) atoms. The highest BCUT2D eigenvalue weighted by atomic mass is 19.4. The number of halogens is 3. The molecule has 1 aliphatic rings. The molecule has 118 valence electrons. The van der Waals surface area contributed by atoms with E-state index in [4.69, 9.17) is 4.74 Å². The molecule has 0 radical (unpaired) electrons. The van der Waals surface area contributed by atoms with Crippen LogP contribution in [0.5, 0.6) is 5.75 Å². The Kier molecular flexibility index (Phi) is 5.51. The van der Waals surface area contributed by atoms with Crippen LogP contribution in [-0.4, -0.2) is 25.9 Å². The molecular weight excluding hydrogens is 279 g/mol. The Bertz CT molecular complexity index is 439. The number of ether oxygens (including phenoxy) is 1. The van der Waals surface area contributed by atoms with E-state index in [1.54, 1.807) is 7.11 Å². The molecule has 1 saturated carbocycles. The molecule has 5 heteroatoms. The first-order chi connectivity index (χ1) is 9.99. The lowest BCUT2D eigenvalue weighted by molar-refractivity contribution is -0.182. The zero-order chi connectivity index (χ0) is 15.3. The molecule has 0 bridgehead atoms. The van der Waals surface area contributed by atoms with Gasteiger partial charge in [0, 0.05) is 6.04 Å². The van der Waals surface area contributed by atoms with Gasteiger partial charge in [0.2, 0.25) is 0 Å². The Labute approximate surface area is 123 Å². The topological polar surface area (TPSA) is 21.3 Å². The Morgan fingerprint density at radius 2 is 1.90 bits per heavy atom. The molecule has 2 rings (SSSR count). The van der Waals surface area contributed by atoms with Crippen LogP contribution < -0.4 is 10.1 Å². The summed E-state index contributed by atoms with van der Waals surface area (Å²) in [6.07, 6.45) is -1.44. The standard InChI is InChI=1S/C16H22F3NO/c1-21-15-4-2-3-12(11-15)9-10-20-14-7-5-13(6-8-14)16(17,18)19/h2-4,11,13-14,20H,5-10H2,1H3. The summed E-state index contributed by atoms with van der Waals surface area (Å²) in [7, 11) is 1.64. The average molecular weight is 301 g/mol. The first-order valence-corrected chi connectivity index (χ1v) is 7.42. The second kappa shape index (κ2) is 7.16. The first-order valence-electron chi connectivity index (χ1n) is 7.42. The molecular formula is C16H22F3NO. The number of methoxy groups -OCH3 is 1. The average Bonchev–Trinajstić information content (AvgIpc) is 2.47. The van der Waals surface area contributed by atoms with Gasteiger partial charge in [-0.1, -0.05) is 12.1 Å². The molecule has 1 aromatic carbocycles. The van der Waals surface area contributed by atoms with Crippen LogP contribution in [0.3, 0.4) is 0 Å². The zero-order valence-electron chi connectivity index (χ0n) is 12.2. The van der Waals surface area contributed by atoms with Gasteiger partial charge in [0.05, 0.1) is 13.0 Å². The fourth-order valence-electron chi connectivity index (χ4n) is 2.87. The van der Waals surface area contributed by atoms with Gasteiger partial charge in [-0.15, -0.1) is 0 Å². The van der Waals surface area contributed by atoms with Crippen LogP contribution in [0, 0.1) is 5.92 Å². The molecule has 0 heterocycles. The van der Waals surface area contributed by atoms with E-state index in [2.05, 4.69) is 5.32 Å². The summed E-state index contributed by atoms with van der Waals surface area (Å²) in [5.74, 6) is -0.271. The number of benzene rings is 1. The van der Waals surface area contributed by atoms with E-state index in [9.17, 15) is 13.2 Å². The third-order valence-corrected chi connectivity index (χ3v) is 4.17. The van der Waals surface area contributed by atoms with Gasteiger partial charge < -0.3 is 10.1 Å². The Morgan fingerprint density at radius 3 is 2.52 bits per heavy atom. The summed E-state index contributed by atoms with van der Waals surface area (Å²) in [4.78, 5) is 0. The van der Waals surface area contributed by atoms with E-state index in [0.29, 0.717) is 12.8 Å². The van der Waals surface area contributed by atoms with Crippen molar-refractivity contribution in [2.75, 3.05) is 13.7 Å². The predicted molar refractivity (Wildman–Crippen MR) is 76.5 cm³/mol. The van der Waals surface area contributed by atoms with Gasteiger partial charge in [-0.05, 0) is 56.3 Å². The molecule has 1 fully saturated rings. The maximum atomic E-state index is 12.6. The first kappa shape index (κ1) is 16.1. The van der Waals surface area contributed by atoms with Crippen molar-refractivity contribution >= 4 is 0 Å². The summed E-state index contributed by atoms with van der Waals surface area (Å²) in [5, 5.41) is 3.37. The fraction of sp³-hybridized carbons (Fsp3) is 0.625. The van der Waals surface area contributed by atoms with Crippen LogP contribution in [0.2, 0.25) is 0 Å². The molecule has 0 spiro atoms. The zero-order valence-corrected chi connectivity index (χ0v) is 12.2. The molecule has 0 aromatic heterocycles. The minimum atomic E-state index is -4.02. The molecule has 0 atom stereocenters. The number of alkyl halides is 3. The van der Waals surface area contributed by atoms with Gasteiger partial charge in [0.1, 0.15) is 5.75 Å². The van der Waals surface area contributed by atoms with E-state index in [0.717, 1.165) is 18.7 Å². The third-order valence-electron chi connectivity index (χ3n) is 4.17. The van der Waals surface area contributed by atoms with Crippen molar-refractivity contribution < 1.29 is 17.9 Å². The third kappa shape index (κ3) is 4.92. The normalized spacial score (nSPS) is 23.0. The molecule has 1 N–H and O–H groups in total. The minimum Gasteiger partial charge on any atom is -0.497 e. The molecule has 1 aliphatic carbocycles. The monoisotopic (exact) mass is 301 g/mol. The summed E-state index contributed by atoms with van der Waals surface area (Å²) in [6.45, 7) is 0.786. The largest absolute Gasteiger partial charge is 0.497 e. The van der Waals surface area contributed by atoms with E-state index in [1.165, 1.54) is 5.56 Å². The Balaban J connectivity index is 1.70. The maximum absolute atomic E-state index is 12.6. The highest BCUT2D eigenvalue weighted by Crippen LogP contribution is 2.37. The second-order valence-corrected chi connectivity index (χ2v) is 5.65. The van der Waals surface area contributed by atoms with Gasteiger partial charge in [-0.25, -0.2) is 0 Å². The van der Waals surface area contributed by atoms with Crippen molar-refractivity contribution in [3.63, 3.8) is 0 Å². The van der Waals surface area contributed by atoms with E-state index in [1.807, 2.05) is 24.3 Å². The van der Waals surface area contributed by atoms with Crippen LogP contribution in [0.25, 0.3) is 0 Å². The van der Waals surface area contributed by atoms with Crippen molar-refractivity contribution in [3.05, 3.63) is 29.8 Å². The maximum Gasteiger partial charge on any atom is 0.391 e. The molecule has 0 aliphatic heterocycles. The summed E-state index contributed by atoms with van der Waals surface area (Å²) in [5.41, 5.74) is 1.17. The summed E-state index contributed by atoms with van der Waals surface area (Å²) < 4.78 is 42.9. The summed E-state index contributed by atoms with van der Waals surface area (Å²) in [6, 6.07) is 8.08. The smallest absolute Gasteiger partial charge is 0.391 e. The van der Waals surface area contributed by atoms with Gasteiger partial charge in [0.25, 0.3) is 0 Å². The second-order valence-electron chi connectivity index (χ2n) is 5.65. The van der Waals surface area contributed by atoms with Gasteiger partial charge in [-0.2, -0.15) is 13.2 Å². The van der Waals surface area contributed by atoms with Crippen LogP contribution in [0.15, 0.2) is 24.3 Å². The lowest BCUT2D eigenvalue weighted by Crippen LogP contribution is -2.37. The lowest BCUT2D eigenvalue weighted by Gasteiger charge is -2.30. The Morgan fingerprint density at radius 1 is 1.19 bits per heavy atom. The van der Waals surface area contributed by atoms with Crippen molar-refractivity contribution in [1.82, 2.24) is 5.32 Å². The van der Waals surface area contributed by atoms with Gasteiger partial charge >= 0.3 is 6.18 Å². The van der Waals surface area contributed by atoms with E-state index >= 15 is 0 Å². The molecule has 0 saturated heterocycles. The predicted octanol–water partition coefficient (Wildman–Crippen LogP) is 3.95. The van der Waals surface area contributed by atoms with Crippen LogP contribution in [-0.2, 0) is 6.42 Å². The van der Waals surface area contributed by atoms with E-state index < -0.39 is 12.1 Å². The molecule has 2 nitrogen and oxygen atoms in total. The highest BCUT2D eigenvalue weighted by molar-refractivity contribution is 5.28. The van der Waals surface area contributed by atoms with E-state index in [-0.39, 0.29) is 18.9 Å². The molecule has 0 amide bonds. The van der Waals surface area contributed by atoms with Gasteiger partial charge in [0.15, 0.2) is 0 Å². The quantitative estimate of drug-likeness (QED) is 0.889. The van der Waals surface area contributed by atoms with Gasteiger partial charge in [-0.3, -0.25) is 0 Å². The van der Waals surface area contributed by atoms with Crippen molar-refractivity contribution in [2.45, 2.75) is 44.3 Å². The van der Waals surface area contributed by atoms with Crippen LogP contribution in [0.4, 0.5) is 13.2 Å². The van der Waals surface area contributed by atoms with Crippen LogP contribution >= 0.6 is 0 Å².